The molecule has 0 bridgehead atoms. The predicted molar refractivity (Wildman–Crippen MR) is 57.0 cm³/mol. The van der Waals surface area contributed by atoms with Crippen LogP contribution in [0.5, 0.6) is 5.75 Å². The van der Waals surface area contributed by atoms with E-state index in [1.807, 2.05) is 0 Å². The molecule has 0 atom stereocenters. The Hall–Kier alpha value is -1.66. The lowest BCUT2D eigenvalue weighted by atomic mass is 10.2. The number of tetrazole rings is 1. The van der Waals surface area contributed by atoms with E-state index in [2.05, 4.69) is 15.5 Å². The van der Waals surface area contributed by atoms with Gasteiger partial charge in [-0.2, -0.15) is 0 Å². The molecule has 2 N–H and O–H groups in total. The summed E-state index contributed by atoms with van der Waals surface area (Å²) in [6, 6.07) is 4.60. The van der Waals surface area contributed by atoms with Gasteiger partial charge in [0.15, 0.2) is 5.82 Å². The van der Waals surface area contributed by atoms with E-state index in [-0.39, 0.29) is 18.9 Å². The highest BCUT2D eigenvalue weighted by Gasteiger charge is 2.13. The first kappa shape index (κ1) is 10.8. The number of phenols is 1. The third-order valence-corrected chi connectivity index (χ3v) is 2.28. The van der Waals surface area contributed by atoms with Crippen molar-refractivity contribution in [3.63, 3.8) is 0 Å². The molecule has 0 unspecified atom stereocenters. The maximum absolute atomic E-state index is 9.67. The summed E-state index contributed by atoms with van der Waals surface area (Å²) in [4.78, 5) is 0. The van der Waals surface area contributed by atoms with E-state index in [1.165, 1.54) is 10.7 Å². The quantitative estimate of drug-likeness (QED) is 0.825. The van der Waals surface area contributed by atoms with Crippen molar-refractivity contribution in [1.82, 2.24) is 20.2 Å². The molecule has 1 aromatic carbocycles. The predicted octanol–water partition coefficient (Wildman–Crippen LogP) is 0.691. The van der Waals surface area contributed by atoms with Gasteiger partial charge in [0.1, 0.15) is 5.75 Å². The van der Waals surface area contributed by atoms with E-state index < -0.39 is 0 Å². The fraction of sp³-hybridized carbons (Fsp3) is 0.222. The van der Waals surface area contributed by atoms with Crippen molar-refractivity contribution in [3.05, 3.63) is 23.2 Å². The molecule has 0 amide bonds. The van der Waals surface area contributed by atoms with Crippen molar-refractivity contribution in [2.45, 2.75) is 6.54 Å². The Morgan fingerprint density at radius 2 is 2.19 bits per heavy atom. The first-order valence-corrected chi connectivity index (χ1v) is 4.96. The number of halogens is 1. The molecule has 0 aliphatic rings. The highest BCUT2D eigenvalue weighted by molar-refractivity contribution is 6.30. The van der Waals surface area contributed by atoms with Gasteiger partial charge < -0.3 is 10.2 Å². The fourth-order valence-corrected chi connectivity index (χ4v) is 1.50. The average Bonchev–Trinajstić information content (AvgIpc) is 2.70. The molecule has 0 fully saturated rings. The summed E-state index contributed by atoms with van der Waals surface area (Å²) < 4.78 is 1.39. The van der Waals surface area contributed by atoms with Crippen LogP contribution in [0.3, 0.4) is 0 Å². The Bertz CT molecular complexity index is 500. The molecule has 0 radical (unpaired) electrons. The molecular weight excluding hydrogens is 232 g/mol. The lowest BCUT2D eigenvalue weighted by Crippen LogP contribution is -2.06. The number of phenolic OH excluding ortho intramolecular Hbond substituents is 1. The molecule has 7 heteroatoms. The molecule has 0 aliphatic carbocycles. The van der Waals surface area contributed by atoms with E-state index in [4.69, 9.17) is 16.7 Å². The highest BCUT2D eigenvalue weighted by atomic mass is 35.5. The van der Waals surface area contributed by atoms with Crippen LogP contribution in [0.25, 0.3) is 11.4 Å². The summed E-state index contributed by atoms with van der Waals surface area (Å²) in [7, 11) is 0. The summed E-state index contributed by atoms with van der Waals surface area (Å²) >= 11 is 5.82. The average molecular weight is 241 g/mol. The maximum atomic E-state index is 9.67. The second-order valence-electron chi connectivity index (χ2n) is 3.11. The summed E-state index contributed by atoms with van der Waals surface area (Å²) in [5.74, 6) is 0.410. The fourth-order valence-electron chi connectivity index (χ4n) is 1.33. The van der Waals surface area contributed by atoms with Crippen molar-refractivity contribution in [3.8, 4) is 17.1 Å². The monoisotopic (exact) mass is 240 g/mol. The van der Waals surface area contributed by atoms with E-state index in [0.717, 1.165) is 0 Å². The number of aliphatic hydroxyl groups is 1. The summed E-state index contributed by atoms with van der Waals surface area (Å²) in [6.45, 7) is 0.174. The Kier molecular flexibility index (Phi) is 3.02. The SMILES string of the molecule is OCCn1nnnc1-c1cc(Cl)ccc1O. The standard InChI is InChI=1S/C9H9ClN4O2/c10-6-1-2-8(16)7(5-6)9-11-12-13-14(9)3-4-15/h1-2,5,15-16H,3-4H2. The van der Waals surface area contributed by atoms with Crippen LogP contribution >= 0.6 is 11.6 Å². The molecular formula is C9H9ClN4O2. The van der Waals surface area contributed by atoms with E-state index >= 15 is 0 Å². The van der Waals surface area contributed by atoms with Crippen LogP contribution in [0.1, 0.15) is 0 Å². The number of nitrogens with zero attached hydrogens (tertiary/aromatic N) is 4. The lowest BCUT2D eigenvalue weighted by Gasteiger charge is -2.04. The van der Waals surface area contributed by atoms with Gasteiger partial charge in [-0.3, -0.25) is 0 Å². The molecule has 6 nitrogen and oxygen atoms in total. The molecule has 84 valence electrons. The molecule has 0 aliphatic heterocycles. The van der Waals surface area contributed by atoms with Crippen molar-refractivity contribution in [2.24, 2.45) is 0 Å². The number of hydrogen-bond donors (Lipinski definition) is 2. The topological polar surface area (TPSA) is 84.1 Å². The van der Waals surface area contributed by atoms with Crippen molar-refractivity contribution >= 4 is 11.6 Å². The second kappa shape index (κ2) is 4.46. The zero-order valence-electron chi connectivity index (χ0n) is 8.21. The van der Waals surface area contributed by atoms with Gasteiger partial charge >= 0.3 is 0 Å². The Morgan fingerprint density at radius 1 is 1.38 bits per heavy atom. The van der Waals surface area contributed by atoms with Crippen molar-refractivity contribution < 1.29 is 10.2 Å². The molecule has 16 heavy (non-hydrogen) atoms. The Labute approximate surface area is 96.1 Å². The Morgan fingerprint density at radius 3 is 2.94 bits per heavy atom. The first-order chi connectivity index (χ1) is 7.72. The molecule has 0 saturated heterocycles. The van der Waals surface area contributed by atoms with Gasteiger partial charge in [0.05, 0.1) is 18.7 Å². The van der Waals surface area contributed by atoms with Crippen molar-refractivity contribution in [1.29, 1.82) is 0 Å². The molecule has 1 aromatic heterocycles. The summed E-state index contributed by atoms with van der Waals surface area (Å²) in [6.07, 6.45) is 0. The van der Waals surface area contributed by atoms with Crippen LogP contribution in [0, 0.1) is 0 Å². The van der Waals surface area contributed by atoms with Gasteiger partial charge in [-0.15, -0.1) is 5.10 Å². The number of rotatable bonds is 3. The largest absolute Gasteiger partial charge is 0.507 e. The number of aliphatic hydroxyl groups excluding tert-OH is 1. The molecule has 0 saturated carbocycles. The number of hydrogen-bond acceptors (Lipinski definition) is 5. The second-order valence-corrected chi connectivity index (χ2v) is 3.55. The van der Waals surface area contributed by atoms with Crippen LogP contribution in [0.4, 0.5) is 0 Å². The van der Waals surface area contributed by atoms with Crippen LogP contribution in [-0.2, 0) is 6.54 Å². The minimum Gasteiger partial charge on any atom is -0.507 e. The van der Waals surface area contributed by atoms with Gasteiger partial charge in [-0.25, -0.2) is 4.68 Å². The zero-order chi connectivity index (χ0) is 11.5. The van der Waals surface area contributed by atoms with Gasteiger partial charge in [0, 0.05) is 5.02 Å². The zero-order valence-corrected chi connectivity index (χ0v) is 8.96. The normalized spacial score (nSPS) is 10.6. The van der Waals surface area contributed by atoms with Gasteiger partial charge in [-0.05, 0) is 28.6 Å². The molecule has 1 heterocycles. The van der Waals surface area contributed by atoms with Crippen LogP contribution in [0.2, 0.25) is 5.02 Å². The third kappa shape index (κ3) is 1.98. The summed E-state index contributed by atoms with van der Waals surface area (Å²) in [5, 5.41) is 29.9. The molecule has 2 rings (SSSR count). The van der Waals surface area contributed by atoms with Gasteiger partial charge in [0.25, 0.3) is 0 Å². The van der Waals surface area contributed by atoms with Crippen LogP contribution < -0.4 is 0 Å². The van der Waals surface area contributed by atoms with Crippen molar-refractivity contribution in [2.75, 3.05) is 6.61 Å². The van der Waals surface area contributed by atoms with Crippen LogP contribution in [0.15, 0.2) is 18.2 Å². The van der Waals surface area contributed by atoms with Gasteiger partial charge in [-0.1, -0.05) is 11.6 Å². The lowest BCUT2D eigenvalue weighted by molar-refractivity contribution is 0.268. The number of benzene rings is 1. The smallest absolute Gasteiger partial charge is 0.185 e. The number of aromatic hydroxyl groups is 1. The molecule has 0 spiro atoms. The van der Waals surface area contributed by atoms with E-state index in [1.54, 1.807) is 12.1 Å². The first-order valence-electron chi connectivity index (χ1n) is 4.58. The van der Waals surface area contributed by atoms with E-state index in [9.17, 15) is 5.11 Å². The van der Waals surface area contributed by atoms with Crippen LogP contribution in [-0.4, -0.2) is 37.0 Å². The maximum Gasteiger partial charge on any atom is 0.185 e. The minimum absolute atomic E-state index is 0.0402. The Balaban J connectivity index is 2.49. The van der Waals surface area contributed by atoms with E-state index in [0.29, 0.717) is 16.4 Å². The highest BCUT2D eigenvalue weighted by Crippen LogP contribution is 2.29. The third-order valence-electron chi connectivity index (χ3n) is 2.04. The summed E-state index contributed by atoms with van der Waals surface area (Å²) in [5.41, 5.74) is 0.436. The minimum atomic E-state index is -0.0840. The molecule has 2 aromatic rings. The van der Waals surface area contributed by atoms with Gasteiger partial charge in [0.2, 0.25) is 0 Å². The number of aromatic nitrogens is 4.